The molecule has 0 unspecified atom stereocenters. The predicted octanol–water partition coefficient (Wildman–Crippen LogP) is 3.30. The average molecular weight is 406 g/mol. The lowest BCUT2D eigenvalue weighted by molar-refractivity contribution is 0.0529. The monoisotopic (exact) mass is 406 g/mol. The summed E-state index contributed by atoms with van der Waals surface area (Å²) in [4.78, 5) is 23.9. The topological polar surface area (TPSA) is 78.9 Å². The second-order valence-electron chi connectivity index (χ2n) is 5.34. The summed E-state index contributed by atoms with van der Waals surface area (Å²) in [7, 11) is 0. The summed E-state index contributed by atoms with van der Waals surface area (Å²) in [6.07, 6.45) is -1.63. The molecule has 0 aromatic heterocycles. The van der Waals surface area contributed by atoms with E-state index in [2.05, 4.69) is 27.9 Å². The lowest BCUT2D eigenvalue weighted by atomic mass is 10.2. The van der Waals surface area contributed by atoms with E-state index >= 15 is 0 Å². The normalized spacial score (nSPS) is 10.9. The van der Waals surface area contributed by atoms with Gasteiger partial charge in [-0.25, -0.2) is 9.59 Å². The third kappa shape index (κ3) is 6.65. The Bertz CT molecular complexity index is 497. The number of hydrogen-bond donors (Lipinski definition) is 2. The van der Waals surface area contributed by atoms with E-state index in [1.54, 1.807) is 32.9 Å². The Labute approximate surface area is 137 Å². The number of rotatable bonds is 4. The van der Waals surface area contributed by atoms with Crippen molar-refractivity contribution in [3.05, 3.63) is 27.8 Å². The molecule has 0 aliphatic carbocycles. The van der Waals surface area contributed by atoms with E-state index in [1.165, 1.54) is 4.90 Å². The summed E-state index contributed by atoms with van der Waals surface area (Å²) in [5.41, 5.74) is -0.0129. The van der Waals surface area contributed by atoms with E-state index in [0.29, 0.717) is 5.69 Å². The second-order valence-corrected chi connectivity index (χ2v) is 6.58. The molecule has 0 bridgehead atoms. The van der Waals surface area contributed by atoms with Gasteiger partial charge in [-0.3, -0.25) is 4.90 Å². The van der Waals surface area contributed by atoms with Gasteiger partial charge in [0, 0.05) is 22.3 Å². The molecule has 0 heterocycles. The number of ether oxygens (including phenoxy) is 1. The Balaban J connectivity index is 2.55. The number of amides is 2. The zero-order valence-electron chi connectivity index (χ0n) is 12.2. The van der Waals surface area contributed by atoms with Gasteiger partial charge < -0.3 is 15.2 Å². The molecule has 1 aromatic rings. The van der Waals surface area contributed by atoms with Crippen LogP contribution in [0.1, 0.15) is 20.8 Å². The number of nitrogens with zero attached hydrogens (tertiary/aromatic N) is 1. The maximum absolute atomic E-state index is 11.5. The van der Waals surface area contributed by atoms with Crippen molar-refractivity contribution < 1.29 is 19.4 Å². The second kappa shape index (κ2) is 7.48. The molecule has 0 aliphatic rings. The van der Waals surface area contributed by atoms with Crippen molar-refractivity contribution in [1.82, 2.24) is 5.32 Å². The van der Waals surface area contributed by atoms with Crippen molar-refractivity contribution in [3.8, 4) is 0 Å². The van der Waals surface area contributed by atoms with Crippen LogP contribution in [0, 0.1) is 3.57 Å². The van der Waals surface area contributed by atoms with Gasteiger partial charge in [0.25, 0.3) is 0 Å². The standard InChI is InChI=1S/C14H19IN2O4/c1-14(2,3)21-12(18)16-8-9-17(13(19)20)11-6-4-10(15)5-7-11/h4-7H,8-9H2,1-3H3,(H,16,18)(H,19,20). The molecular formula is C14H19IN2O4. The van der Waals surface area contributed by atoms with Crippen LogP contribution >= 0.6 is 22.6 Å². The van der Waals surface area contributed by atoms with Crippen LogP contribution in [0.25, 0.3) is 0 Å². The van der Waals surface area contributed by atoms with Crippen molar-refractivity contribution in [2.24, 2.45) is 0 Å². The zero-order chi connectivity index (χ0) is 16.0. The number of nitrogens with one attached hydrogen (secondary N) is 1. The van der Waals surface area contributed by atoms with Crippen molar-refractivity contribution in [2.45, 2.75) is 26.4 Å². The van der Waals surface area contributed by atoms with Gasteiger partial charge >= 0.3 is 12.2 Å². The summed E-state index contributed by atoms with van der Waals surface area (Å²) in [5, 5.41) is 11.8. The smallest absolute Gasteiger partial charge is 0.411 e. The summed E-state index contributed by atoms with van der Waals surface area (Å²) < 4.78 is 6.11. The number of anilines is 1. The van der Waals surface area contributed by atoms with Crippen molar-refractivity contribution in [2.75, 3.05) is 18.0 Å². The number of carbonyl (C=O) groups excluding carboxylic acids is 1. The quantitative estimate of drug-likeness (QED) is 0.753. The summed E-state index contributed by atoms with van der Waals surface area (Å²) in [6, 6.07) is 7.10. The number of halogens is 1. The van der Waals surface area contributed by atoms with Crippen molar-refractivity contribution >= 4 is 40.5 Å². The molecule has 116 valence electrons. The molecule has 0 fully saturated rings. The van der Waals surface area contributed by atoms with Gasteiger partial charge in [-0.05, 0) is 67.6 Å². The maximum Gasteiger partial charge on any atom is 0.411 e. The fourth-order valence-electron chi connectivity index (χ4n) is 1.54. The molecule has 0 spiro atoms. The fourth-order valence-corrected chi connectivity index (χ4v) is 1.90. The highest BCUT2D eigenvalue weighted by atomic mass is 127. The minimum atomic E-state index is -1.07. The van der Waals surface area contributed by atoms with Crippen molar-refractivity contribution in [1.29, 1.82) is 0 Å². The highest BCUT2D eigenvalue weighted by Gasteiger charge is 2.17. The third-order valence-electron chi connectivity index (χ3n) is 2.37. The van der Waals surface area contributed by atoms with Gasteiger partial charge in [-0.15, -0.1) is 0 Å². The van der Waals surface area contributed by atoms with Crippen molar-refractivity contribution in [3.63, 3.8) is 0 Å². The molecule has 7 heteroatoms. The Morgan fingerprint density at radius 3 is 2.33 bits per heavy atom. The maximum atomic E-state index is 11.5. The minimum Gasteiger partial charge on any atom is -0.465 e. The third-order valence-corrected chi connectivity index (χ3v) is 3.09. The highest BCUT2D eigenvalue weighted by Crippen LogP contribution is 2.16. The predicted molar refractivity (Wildman–Crippen MR) is 88.8 cm³/mol. The first kappa shape index (κ1) is 17.5. The zero-order valence-corrected chi connectivity index (χ0v) is 14.4. The number of carbonyl (C=O) groups is 2. The lowest BCUT2D eigenvalue weighted by Gasteiger charge is -2.22. The molecule has 0 atom stereocenters. The Morgan fingerprint density at radius 1 is 1.29 bits per heavy atom. The van der Waals surface area contributed by atoms with Gasteiger partial charge in [-0.1, -0.05) is 0 Å². The van der Waals surface area contributed by atoms with E-state index in [-0.39, 0.29) is 13.1 Å². The number of hydrogen-bond acceptors (Lipinski definition) is 3. The number of alkyl carbamates (subject to hydrolysis) is 1. The Kier molecular flexibility index (Phi) is 6.25. The number of carboxylic acid groups (broad SMARTS) is 1. The summed E-state index contributed by atoms with van der Waals surface area (Å²) in [5.74, 6) is 0. The van der Waals surface area contributed by atoms with E-state index in [9.17, 15) is 14.7 Å². The largest absolute Gasteiger partial charge is 0.465 e. The molecule has 0 saturated carbocycles. The molecule has 2 amide bonds. The van der Waals surface area contributed by atoms with E-state index in [1.807, 2.05) is 12.1 Å². The SMILES string of the molecule is CC(C)(C)OC(=O)NCCN(C(=O)O)c1ccc(I)cc1. The fraction of sp³-hybridized carbons (Fsp3) is 0.429. The van der Waals surface area contributed by atoms with Crippen LogP contribution in [0.2, 0.25) is 0 Å². The lowest BCUT2D eigenvalue weighted by Crippen LogP contribution is -2.40. The first-order valence-electron chi connectivity index (χ1n) is 6.42. The van der Waals surface area contributed by atoms with Gasteiger partial charge in [0.1, 0.15) is 5.60 Å². The molecule has 21 heavy (non-hydrogen) atoms. The molecule has 6 nitrogen and oxygen atoms in total. The van der Waals surface area contributed by atoms with Crippen LogP contribution in [-0.4, -0.2) is 36.0 Å². The summed E-state index contributed by atoms with van der Waals surface area (Å²) in [6.45, 7) is 5.62. The average Bonchev–Trinajstić information content (AvgIpc) is 2.33. The molecular weight excluding hydrogens is 387 g/mol. The molecule has 2 N–H and O–H groups in total. The number of benzene rings is 1. The summed E-state index contributed by atoms with van der Waals surface area (Å²) >= 11 is 2.15. The van der Waals surface area contributed by atoms with Gasteiger partial charge in [-0.2, -0.15) is 0 Å². The molecule has 1 aromatic carbocycles. The first-order valence-corrected chi connectivity index (χ1v) is 7.50. The Hall–Kier alpha value is -1.51. The van der Waals surface area contributed by atoms with E-state index < -0.39 is 17.8 Å². The molecule has 1 rings (SSSR count). The molecule has 0 radical (unpaired) electrons. The van der Waals surface area contributed by atoms with E-state index in [0.717, 1.165) is 3.57 Å². The Morgan fingerprint density at radius 2 is 1.86 bits per heavy atom. The van der Waals surface area contributed by atoms with Crippen LogP contribution in [0.3, 0.4) is 0 Å². The molecule has 0 saturated heterocycles. The van der Waals surface area contributed by atoms with Crippen LogP contribution in [0.5, 0.6) is 0 Å². The van der Waals surface area contributed by atoms with Crippen LogP contribution in [-0.2, 0) is 4.74 Å². The van der Waals surface area contributed by atoms with Gasteiger partial charge in [0.2, 0.25) is 0 Å². The molecule has 0 aliphatic heterocycles. The highest BCUT2D eigenvalue weighted by molar-refractivity contribution is 14.1. The van der Waals surface area contributed by atoms with Gasteiger partial charge in [0.05, 0.1) is 0 Å². The van der Waals surface area contributed by atoms with Crippen LogP contribution in [0.15, 0.2) is 24.3 Å². The van der Waals surface area contributed by atoms with Crippen LogP contribution in [0.4, 0.5) is 15.3 Å². The van der Waals surface area contributed by atoms with E-state index in [4.69, 9.17) is 4.74 Å². The van der Waals surface area contributed by atoms with Crippen LogP contribution < -0.4 is 10.2 Å². The first-order chi connectivity index (χ1) is 9.69. The minimum absolute atomic E-state index is 0.148. The van der Waals surface area contributed by atoms with Gasteiger partial charge in [0.15, 0.2) is 0 Å².